The molecule has 23 heavy (non-hydrogen) atoms. The summed E-state index contributed by atoms with van der Waals surface area (Å²) in [4.78, 5) is 24.9. The van der Waals surface area contributed by atoms with Crippen molar-refractivity contribution in [3.8, 4) is 0 Å². The summed E-state index contributed by atoms with van der Waals surface area (Å²) >= 11 is 0. The van der Waals surface area contributed by atoms with Crippen molar-refractivity contribution < 1.29 is 14.7 Å². The minimum Gasteiger partial charge on any atom is -0.480 e. The number of aliphatic carboxylic acids is 1. The lowest BCUT2D eigenvalue weighted by molar-refractivity contribution is -0.138. The molecule has 1 saturated heterocycles. The third-order valence-corrected chi connectivity index (χ3v) is 4.20. The number of piperidine rings is 1. The zero-order valence-electron chi connectivity index (χ0n) is 13.3. The highest BCUT2D eigenvalue weighted by atomic mass is 16.4. The maximum atomic E-state index is 11.8. The fraction of sp³-hybridized carbons (Fsp3) is 0.529. The Hall–Kier alpha value is -1.92. The fourth-order valence-electron chi connectivity index (χ4n) is 2.79. The lowest BCUT2D eigenvalue weighted by atomic mass is 10.0. The predicted molar refractivity (Wildman–Crippen MR) is 87.7 cm³/mol. The van der Waals surface area contributed by atoms with Gasteiger partial charge in [0.2, 0.25) is 5.91 Å². The number of rotatable bonds is 7. The van der Waals surface area contributed by atoms with Crippen molar-refractivity contribution in [3.05, 3.63) is 35.9 Å². The van der Waals surface area contributed by atoms with Crippen LogP contribution in [0.1, 0.15) is 31.2 Å². The Morgan fingerprint density at radius 2 is 1.91 bits per heavy atom. The Labute approximate surface area is 136 Å². The van der Waals surface area contributed by atoms with E-state index in [0.29, 0.717) is 0 Å². The molecule has 1 heterocycles. The zero-order valence-corrected chi connectivity index (χ0v) is 13.3. The van der Waals surface area contributed by atoms with Crippen LogP contribution in [0.5, 0.6) is 0 Å². The summed E-state index contributed by atoms with van der Waals surface area (Å²) in [6.07, 6.45) is 2.18. The molecule has 1 aliphatic rings. The van der Waals surface area contributed by atoms with E-state index < -0.39 is 12.0 Å². The molecule has 6 nitrogen and oxygen atoms in total. The number of nitrogens with zero attached hydrogens (tertiary/aromatic N) is 1. The highest BCUT2D eigenvalue weighted by Gasteiger charge is 2.21. The zero-order chi connectivity index (χ0) is 16.7. The second kappa shape index (κ2) is 8.64. The Balaban J connectivity index is 1.66. The molecule has 0 bridgehead atoms. The van der Waals surface area contributed by atoms with Crippen molar-refractivity contribution in [3.63, 3.8) is 0 Å². The van der Waals surface area contributed by atoms with Gasteiger partial charge in [-0.2, -0.15) is 0 Å². The quantitative estimate of drug-likeness (QED) is 0.696. The van der Waals surface area contributed by atoms with Crippen molar-refractivity contribution in [1.82, 2.24) is 10.2 Å². The number of carbonyl (C=O) groups excluding carboxylic acids is 1. The summed E-state index contributed by atoms with van der Waals surface area (Å²) in [5.74, 6) is -1.17. The van der Waals surface area contributed by atoms with E-state index >= 15 is 0 Å². The number of carboxylic acids is 1. The van der Waals surface area contributed by atoms with Crippen LogP contribution < -0.4 is 11.1 Å². The van der Waals surface area contributed by atoms with Crippen molar-refractivity contribution in [1.29, 1.82) is 0 Å². The van der Waals surface area contributed by atoms with Gasteiger partial charge in [-0.3, -0.25) is 14.5 Å². The second-order valence-corrected chi connectivity index (χ2v) is 6.09. The molecule has 2 rings (SSSR count). The smallest absolute Gasteiger partial charge is 0.320 e. The van der Waals surface area contributed by atoms with Gasteiger partial charge in [0, 0.05) is 32.1 Å². The average Bonchev–Trinajstić information content (AvgIpc) is 2.55. The number of benzene rings is 1. The first-order valence-electron chi connectivity index (χ1n) is 8.08. The average molecular weight is 319 g/mol. The standard InChI is InChI=1S/C17H25N3O3/c18-15(17(22)23)6-7-16(21)19-14-8-10-20(11-9-14)12-13-4-2-1-3-5-13/h1-5,14-15H,6-12,18H2,(H,19,21)(H,22,23)/t15-/m0/s1. The van der Waals surface area contributed by atoms with Gasteiger partial charge in [-0.05, 0) is 24.8 Å². The highest BCUT2D eigenvalue weighted by Crippen LogP contribution is 2.14. The Bertz CT molecular complexity index is 513. The van der Waals surface area contributed by atoms with E-state index in [1.165, 1.54) is 5.56 Å². The molecule has 1 fully saturated rings. The highest BCUT2D eigenvalue weighted by molar-refractivity contribution is 5.78. The molecule has 1 aliphatic heterocycles. The van der Waals surface area contributed by atoms with Gasteiger partial charge in [-0.15, -0.1) is 0 Å². The molecule has 6 heteroatoms. The van der Waals surface area contributed by atoms with E-state index in [-0.39, 0.29) is 24.8 Å². The molecule has 0 aromatic heterocycles. The number of hydrogen-bond acceptors (Lipinski definition) is 4. The number of amides is 1. The van der Waals surface area contributed by atoms with Crippen LogP contribution in [0.25, 0.3) is 0 Å². The number of hydrogen-bond donors (Lipinski definition) is 3. The van der Waals surface area contributed by atoms with E-state index in [2.05, 4.69) is 22.3 Å². The number of nitrogens with two attached hydrogens (primary N) is 1. The van der Waals surface area contributed by atoms with E-state index in [1.54, 1.807) is 0 Å². The van der Waals surface area contributed by atoms with Gasteiger partial charge in [0.25, 0.3) is 0 Å². The molecule has 0 unspecified atom stereocenters. The normalized spacial score (nSPS) is 17.6. The topological polar surface area (TPSA) is 95.7 Å². The van der Waals surface area contributed by atoms with Crippen molar-refractivity contribution in [2.24, 2.45) is 5.73 Å². The first-order valence-corrected chi connectivity index (χ1v) is 8.08. The number of carboxylic acid groups (broad SMARTS) is 1. The summed E-state index contributed by atoms with van der Waals surface area (Å²) in [6.45, 7) is 2.85. The van der Waals surface area contributed by atoms with Gasteiger partial charge in [0.05, 0.1) is 0 Å². The summed E-state index contributed by atoms with van der Waals surface area (Å²) in [6, 6.07) is 9.57. The molecule has 0 aliphatic carbocycles. The van der Waals surface area contributed by atoms with Crippen LogP contribution in [0.4, 0.5) is 0 Å². The Morgan fingerprint density at radius 3 is 2.52 bits per heavy atom. The molecule has 126 valence electrons. The van der Waals surface area contributed by atoms with Gasteiger partial charge in [0.15, 0.2) is 0 Å². The number of nitrogens with one attached hydrogen (secondary N) is 1. The largest absolute Gasteiger partial charge is 0.480 e. The SMILES string of the molecule is N[C@@H](CCC(=O)NC1CCN(Cc2ccccc2)CC1)C(=O)O. The van der Waals surface area contributed by atoms with Crippen molar-refractivity contribution in [2.75, 3.05) is 13.1 Å². The Morgan fingerprint density at radius 1 is 1.26 bits per heavy atom. The summed E-state index contributed by atoms with van der Waals surface area (Å²) < 4.78 is 0. The predicted octanol–water partition coefficient (Wildman–Crippen LogP) is 0.959. The summed E-state index contributed by atoms with van der Waals surface area (Å²) in [5, 5.41) is 11.7. The van der Waals surface area contributed by atoms with Crippen LogP contribution in [0, 0.1) is 0 Å². The van der Waals surface area contributed by atoms with Gasteiger partial charge >= 0.3 is 5.97 Å². The molecular formula is C17H25N3O3. The molecule has 0 radical (unpaired) electrons. The molecule has 0 saturated carbocycles. The number of carbonyl (C=O) groups is 2. The third-order valence-electron chi connectivity index (χ3n) is 4.20. The monoisotopic (exact) mass is 319 g/mol. The van der Waals surface area contributed by atoms with Gasteiger partial charge < -0.3 is 16.2 Å². The van der Waals surface area contributed by atoms with Crippen molar-refractivity contribution in [2.45, 2.75) is 44.3 Å². The molecule has 1 atom stereocenters. The Kier molecular flexibility index (Phi) is 6.55. The van der Waals surface area contributed by atoms with Crippen LogP contribution in [-0.2, 0) is 16.1 Å². The van der Waals surface area contributed by atoms with Crippen molar-refractivity contribution >= 4 is 11.9 Å². The van der Waals surface area contributed by atoms with E-state index in [4.69, 9.17) is 10.8 Å². The molecule has 1 aromatic carbocycles. The van der Waals surface area contributed by atoms with Gasteiger partial charge in [0.1, 0.15) is 6.04 Å². The molecule has 1 amide bonds. The number of likely N-dealkylation sites (tertiary alicyclic amines) is 1. The van der Waals surface area contributed by atoms with Crippen LogP contribution >= 0.6 is 0 Å². The molecular weight excluding hydrogens is 294 g/mol. The fourth-order valence-corrected chi connectivity index (χ4v) is 2.79. The maximum Gasteiger partial charge on any atom is 0.320 e. The summed E-state index contributed by atoms with van der Waals surface area (Å²) in [7, 11) is 0. The maximum absolute atomic E-state index is 11.8. The lowest BCUT2D eigenvalue weighted by Crippen LogP contribution is -2.44. The van der Waals surface area contributed by atoms with Crippen LogP contribution in [0.15, 0.2) is 30.3 Å². The van der Waals surface area contributed by atoms with E-state index in [0.717, 1.165) is 32.5 Å². The second-order valence-electron chi connectivity index (χ2n) is 6.09. The van der Waals surface area contributed by atoms with E-state index in [1.807, 2.05) is 18.2 Å². The van der Waals surface area contributed by atoms with Gasteiger partial charge in [-0.1, -0.05) is 30.3 Å². The molecule has 0 spiro atoms. The lowest BCUT2D eigenvalue weighted by Gasteiger charge is -2.32. The summed E-state index contributed by atoms with van der Waals surface area (Å²) in [5.41, 5.74) is 6.71. The van der Waals surface area contributed by atoms with Crippen LogP contribution in [-0.4, -0.2) is 47.1 Å². The third kappa shape index (κ3) is 6.00. The minimum atomic E-state index is -1.06. The first-order chi connectivity index (χ1) is 11.0. The van der Waals surface area contributed by atoms with Crippen LogP contribution in [0.3, 0.4) is 0 Å². The van der Waals surface area contributed by atoms with E-state index in [9.17, 15) is 9.59 Å². The molecule has 1 aromatic rings. The minimum absolute atomic E-state index is 0.108. The molecule has 4 N–H and O–H groups in total. The van der Waals surface area contributed by atoms with Gasteiger partial charge in [-0.25, -0.2) is 0 Å². The van der Waals surface area contributed by atoms with Crippen LogP contribution in [0.2, 0.25) is 0 Å². The first kappa shape index (κ1) is 17.4.